The van der Waals surface area contributed by atoms with Crippen molar-refractivity contribution in [2.75, 3.05) is 13.2 Å². The fraction of sp³-hybridized carbons (Fsp3) is 1.00. The third kappa shape index (κ3) is 2.67. The van der Waals surface area contributed by atoms with Gasteiger partial charge in [-0.2, -0.15) is 0 Å². The van der Waals surface area contributed by atoms with E-state index in [-0.39, 0.29) is 6.10 Å². The van der Waals surface area contributed by atoms with Crippen LogP contribution in [0.15, 0.2) is 0 Å². The lowest BCUT2D eigenvalue weighted by Crippen LogP contribution is -2.19. The summed E-state index contributed by atoms with van der Waals surface area (Å²) in [7, 11) is 0. The first-order valence-corrected chi connectivity index (χ1v) is 4.05. The average Bonchev–Trinajstić information content (AvgIpc) is 1.88. The number of ether oxygens (including phenoxy) is 1. The standard InChI is InChI=1S/C8H16O2/c1-7(9)6-8-2-4-10-5-3-8/h7-9H,2-6H2,1H3/t7-/m0/s1. The second-order valence-electron chi connectivity index (χ2n) is 3.14. The fourth-order valence-corrected chi connectivity index (χ4v) is 1.46. The molecular weight excluding hydrogens is 128 g/mol. The highest BCUT2D eigenvalue weighted by molar-refractivity contribution is 4.65. The molecule has 1 rings (SSSR count). The molecule has 0 amide bonds. The predicted molar refractivity (Wildman–Crippen MR) is 39.8 cm³/mol. The van der Waals surface area contributed by atoms with Crippen LogP contribution in [0, 0.1) is 5.92 Å². The minimum atomic E-state index is -0.136. The van der Waals surface area contributed by atoms with Crippen LogP contribution in [0.5, 0.6) is 0 Å². The SMILES string of the molecule is C[C@H](O)CC1CCOCC1. The van der Waals surface area contributed by atoms with Gasteiger partial charge in [0.1, 0.15) is 0 Å². The minimum Gasteiger partial charge on any atom is -0.393 e. The van der Waals surface area contributed by atoms with Crippen LogP contribution >= 0.6 is 0 Å². The van der Waals surface area contributed by atoms with Crippen molar-refractivity contribution in [2.45, 2.75) is 32.3 Å². The maximum Gasteiger partial charge on any atom is 0.0514 e. The molecule has 0 spiro atoms. The molecule has 1 N–H and O–H groups in total. The Hall–Kier alpha value is -0.0800. The maximum atomic E-state index is 9.06. The Morgan fingerprint density at radius 2 is 2.10 bits per heavy atom. The first-order chi connectivity index (χ1) is 4.79. The average molecular weight is 144 g/mol. The summed E-state index contributed by atoms with van der Waals surface area (Å²) in [5.41, 5.74) is 0. The van der Waals surface area contributed by atoms with Crippen molar-refractivity contribution in [3.8, 4) is 0 Å². The zero-order valence-electron chi connectivity index (χ0n) is 6.55. The lowest BCUT2D eigenvalue weighted by molar-refractivity contribution is 0.0471. The molecular formula is C8H16O2. The van der Waals surface area contributed by atoms with E-state index in [2.05, 4.69) is 0 Å². The molecule has 10 heavy (non-hydrogen) atoms. The first kappa shape index (κ1) is 8.02. The Labute approximate surface area is 62.2 Å². The molecule has 2 nitrogen and oxygen atoms in total. The normalized spacial score (nSPS) is 24.6. The number of rotatable bonds is 2. The van der Waals surface area contributed by atoms with Crippen LogP contribution in [0.3, 0.4) is 0 Å². The molecule has 0 unspecified atom stereocenters. The fourth-order valence-electron chi connectivity index (χ4n) is 1.46. The summed E-state index contributed by atoms with van der Waals surface area (Å²) in [6.07, 6.45) is 3.07. The summed E-state index contributed by atoms with van der Waals surface area (Å²) in [5.74, 6) is 0.703. The van der Waals surface area contributed by atoms with E-state index >= 15 is 0 Å². The molecule has 60 valence electrons. The van der Waals surface area contributed by atoms with Gasteiger partial charge < -0.3 is 9.84 Å². The van der Waals surface area contributed by atoms with Gasteiger partial charge in [-0.1, -0.05) is 0 Å². The molecule has 2 heteroatoms. The van der Waals surface area contributed by atoms with Crippen LogP contribution in [0.4, 0.5) is 0 Å². The van der Waals surface area contributed by atoms with Crippen molar-refractivity contribution in [1.82, 2.24) is 0 Å². The van der Waals surface area contributed by atoms with E-state index in [0.29, 0.717) is 5.92 Å². The van der Waals surface area contributed by atoms with Crippen molar-refractivity contribution in [3.05, 3.63) is 0 Å². The molecule has 1 atom stereocenters. The number of aliphatic hydroxyl groups excluding tert-OH is 1. The Morgan fingerprint density at radius 1 is 1.50 bits per heavy atom. The van der Waals surface area contributed by atoms with Gasteiger partial charge in [-0.05, 0) is 32.1 Å². The summed E-state index contributed by atoms with van der Waals surface area (Å²) < 4.78 is 5.20. The number of aliphatic hydroxyl groups is 1. The second-order valence-corrected chi connectivity index (χ2v) is 3.14. The third-order valence-corrected chi connectivity index (χ3v) is 2.02. The van der Waals surface area contributed by atoms with Gasteiger partial charge in [0, 0.05) is 13.2 Å². The highest BCUT2D eigenvalue weighted by atomic mass is 16.5. The topological polar surface area (TPSA) is 29.5 Å². The van der Waals surface area contributed by atoms with Crippen LogP contribution in [0.25, 0.3) is 0 Å². The highest BCUT2D eigenvalue weighted by Crippen LogP contribution is 2.19. The van der Waals surface area contributed by atoms with E-state index in [1.165, 1.54) is 0 Å². The summed E-state index contributed by atoms with van der Waals surface area (Å²) in [6.45, 7) is 3.63. The molecule has 0 saturated carbocycles. The maximum absolute atomic E-state index is 9.06. The van der Waals surface area contributed by atoms with Crippen LogP contribution in [-0.2, 0) is 4.74 Å². The minimum absolute atomic E-state index is 0.136. The van der Waals surface area contributed by atoms with Crippen LogP contribution in [0.1, 0.15) is 26.2 Å². The summed E-state index contributed by atoms with van der Waals surface area (Å²) in [4.78, 5) is 0. The zero-order chi connectivity index (χ0) is 7.40. The van der Waals surface area contributed by atoms with Gasteiger partial charge in [-0.15, -0.1) is 0 Å². The molecule has 0 aromatic rings. The monoisotopic (exact) mass is 144 g/mol. The van der Waals surface area contributed by atoms with E-state index in [9.17, 15) is 0 Å². The van der Waals surface area contributed by atoms with E-state index in [4.69, 9.17) is 9.84 Å². The van der Waals surface area contributed by atoms with Crippen molar-refractivity contribution in [2.24, 2.45) is 5.92 Å². The van der Waals surface area contributed by atoms with Crippen LogP contribution in [0.2, 0.25) is 0 Å². The van der Waals surface area contributed by atoms with Gasteiger partial charge in [-0.25, -0.2) is 0 Å². The smallest absolute Gasteiger partial charge is 0.0514 e. The van der Waals surface area contributed by atoms with Gasteiger partial charge >= 0.3 is 0 Å². The van der Waals surface area contributed by atoms with E-state index in [0.717, 1.165) is 32.5 Å². The molecule has 0 aromatic heterocycles. The molecule has 1 heterocycles. The lowest BCUT2D eigenvalue weighted by atomic mass is 9.94. The van der Waals surface area contributed by atoms with Crippen molar-refractivity contribution >= 4 is 0 Å². The van der Waals surface area contributed by atoms with Gasteiger partial charge in [0.2, 0.25) is 0 Å². The van der Waals surface area contributed by atoms with Gasteiger partial charge in [-0.3, -0.25) is 0 Å². The zero-order valence-corrected chi connectivity index (χ0v) is 6.55. The Bertz CT molecular complexity index is 85.3. The van der Waals surface area contributed by atoms with Crippen molar-refractivity contribution in [3.63, 3.8) is 0 Å². The number of hydrogen-bond donors (Lipinski definition) is 1. The summed E-state index contributed by atoms with van der Waals surface area (Å²) >= 11 is 0. The predicted octanol–water partition coefficient (Wildman–Crippen LogP) is 1.18. The molecule has 0 bridgehead atoms. The highest BCUT2D eigenvalue weighted by Gasteiger charge is 2.14. The van der Waals surface area contributed by atoms with Crippen LogP contribution < -0.4 is 0 Å². The van der Waals surface area contributed by atoms with E-state index < -0.39 is 0 Å². The lowest BCUT2D eigenvalue weighted by Gasteiger charge is -2.22. The Balaban J connectivity index is 2.13. The Kier molecular flexibility index (Phi) is 3.16. The summed E-state index contributed by atoms with van der Waals surface area (Å²) in [6, 6.07) is 0. The van der Waals surface area contributed by atoms with Gasteiger partial charge in [0.15, 0.2) is 0 Å². The third-order valence-electron chi connectivity index (χ3n) is 2.02. The van der Waals surface area contributed by atoms with Gasteiger partial charge in [0.05, 0.1) is 6.10 Å². The number of hydrogen-bond acceptors (Lipinski definition) is 2. The van der Waals surface area contributed by atoms with E-state index in [1.54, 1.807) is 0 Å². The van der Waals surface area contributed by atoms with Gasteiger partial charge in [0.25, 0.3) is 0 Å². The van der Waals surface area contributed by atoms with Crippen LogP contribution in [-0.4, -0.2) is 24.4 Å². The quantitative estimate of drug-likeness (QED) is 0.630. The van der Waals surface area contributed by atoms with Crippen molar-refractivity contribution in [1.29, 1.82) is 0 Å². The summed E-state index contributed by atoms with van der Waals surface area (Å²) in [5, 5.41) is 9.06. The van der Waals surface area contributed by atoms with E-state index in [1.807, 2.05) is 6.92 Å². The molecule has 0 radical (unpaired) electrons. The largest absolute Gasteiger partial charge is 0.393 e. The molecule has 1 saturated heterocycles. The first-order valence-electron chi connectivity index (χ1n) is 4.05. The molecule has 1 aliphatic heterocycles. The van der Waals surface area contributed by atoms with Crippen molar-refractivity contribution < 1.29 is 9.84 Å². The molecule has 0 aliphatic carbocycles. The molecule has 0 aromatic carbocycles. The second kappa shape index (κ2) is 3.94. The Morgan fingerprint density at radius 3 is 2.60 bits per heavy atom. The molecule has 1 aliphatic rings. The molecule has 1 fully saturated rings.